The van der Waals surface area contributed by atoms with E-state index in [0.717, 1.165) is 0 Å². The summed E-state index contributed by atoms with van der Waals surface area (Å²) in [6.07, 6.45) is 0.491. The highest BCUT2D eigenvalue weighted by Gasteiger charge is 2.29. The van der Waals surface area contributed by atoms with E-state index >= 15 is 0 Å². The fourth-order valence-electron chi connectivity index (χ4n) is 2.05. The largest absolute Gasteiger partial charge is 0.494 e. The van der Waals surface area contributed by atoms with Crippen LogP contribution in [0.1, 0.15) is 23.7 Å². The van der Waals surface area contributed by atoms with E-state index in [9.17, 15) is 13.2 Å². The van der Waals surface area contributed by atoms with E-state index in [1.165, 1.54) is 0 Å². The van der Waals surface area contributed by atoms with Crippen LogP contribution in [0.25, 0.3) is 0 Å². The molecule has 1 N–H and O–H groups in total. The Morgan fingerprint density at radius 2 is 2.05 bits per heavy atom. The lowest BCUT2D eigenvalue weighted by Gasteiger charge is -2.11. The molecule has 5 nitrogen and oxygen atoms in total. The third-order valence-electron chi connectivity index (χ3n) is 3.00. The smallest absolute Gasteiger partial charge is 0.251 e. The van der Waals surface area contributed by atoms with Gasteiger partial charge in [-0.1, -0.05) is 0 Å². The van der Waals surface area contributed by atoms with Gasteiger partial charge >= 0.3 is 0 Å². The van der Waals surface area contributed by atoms with Crippen molar-refractivity contribution in [1.29, 1.82) is 0 Å². The van der Waals surface area contributed by atoms with Gasteiger partial charge in [-0.05, 0) is 37.6 Å². The molecule has 0 bridgehead atoms. The molecule has 6 heteroatoms. The van der Waals surface area contributed by atoms with Crippen molar-refractivity contribution in [3.05, 3.63) is 29.8 Å². The van der Waals surface area contributed by atoms with E-state index in [1.54, 1.807) is 24.3 Å². The molecule has 0 radical (unpaired) electrons. The van der Waals surface area contributed by atoms with Crippen LogP contribution in [0.2, 0.25) is 0 Å². The summed E-state index contributed by atoms with van der Waals surface area (Å²) in [6.45, 7) is 2.46. The second-order valence-corrected chi connectivity index (χ2v) is 6.76. The van der Waals surface area contributed by atoms with Crippen LogP contribution < -0.4 is 10.1 Å². The number of sulfone groups is 1. The van der Waals surface area contributed by atoms with Gasteiger partial charge in [0.15, 0.2) is 9.84 Å². The van der Waals surface area contributed by atoms with Gasteiger partial charge in [0.05, 0.1) is 18.1 Å². The molecule has 1 aromatic rings. The van der Waals surface area contributed by atoms with Crippen molar-refractivity contribution in [2.75, 3.05) is 18.1 Å². The lowest BCUT2D eigenvalue weighted by molar-refractivity contribution is 0.0941. The number of ether oxygens (including phenoxy) is 1. The van der Waals surface area contributed by atoms with E-state index in [2.05, 4.69) is 5.32 Å². The van der Waals surface area contributed by atoms with E-state index in [0.29, 0.717) is 24.3 Å². The van der Waals surface area contributed by atoms with Gasteiger partial charge in [0.1, 0.15) is 5.75 Å². The average Bonchev–Trinajstić information content (AvgIpc) is 2.70. The summed E-state index contributed by atoms with van der Waals surface area (Å²) >= 11 is 0. The zero-order valence-electron chi connectivity index (χ0n) is 10.8. The van der Waals surface area contributed by atoms with Gasteiger partial charge in [-0.15, -0.1) is 0 Å². The molecule has 1 saturated heterocycles. The molecule has 1 aliphatic heterocycles. The first-order chi connectivity index (χ1) is 9.00. The quantitative estimate of drug-likeness (QED) is 0.895. The van der Waals surface area contributed by atoms with E-state index < -0.39 is 9.84 Å². The van der Waals surface area contributed by atoms with Crippen molar-refractivity contribution in [2.45, 2.75) is 19.4 Å². The molecule has 1 aliphatic rings. The Balaban J connectivity index is 1.96. The molecule has 0 saturated carbocycles. The van der Waals surface area contributed by atoms with Crippen LogP contribution in [-0.4, -0.2) is 38.5 Å². The molecule has 1 heterocycles. The number of hydrogen-bond donors (Lipinski definition) is 1. The summed E-state index contributed by atoms with van der Waals surface area (Å²) in [5.74, 6) is 0.657. The molecule has 2 rings (SSSR count). The van der Waals surface area contributed by atoms with Crippen LogP contribution in [0.5, 0.6) is 5.75 Å². The van der Waals surface area contributed by atoms with Crippen molar-refractivity contribution < 1.29 is 17.9 Å². The fourth-order valence-corrected chi connectivity index (χ4v) is 3.72. The van der Waals surface area contributed by atoms with E-state index in [4.69, 9.17) is 4.74 Å². The third-order valence-corrected chi connectivity index (χ3v) is 4.76. The first-order valence-electron chi connectivity index (χ1n) is 6.24. The van der Waals surface area contributed by atoms with Gasteiger partial charge < -0.3 is 10.1 Å². The number of rotatable bonds is 4. The monoisotopic (exact) mass is 283 g/mol. The maximum Gasteiger partial charge on any atom is 0.251 e. The maximum atomic E-state index is 11.9. The third kappa shape index (κ3) is 3.70. The average molecular weight is 283 g/mol. The number of amides is 1. The maximum absolute atomic E-state index is 11.9. The summed E-state index contributed by atoms with van der Waals surface area (Å²) in [5.41, 5.74) is 0.507. The molecule has 1 unspecified atom stereocenters. The first-order valence-corrected chi connectivity index (χ1v) is 8.06. The van der Waals surface area contributed by atoms with Crippen LogP contribution in [-0.2, 0) is 9.84 Å². The zero-order chi connectivity index (χ0) is 13.9. The number of carbonyl (C=O) groups excluding carboxylic acids is 1. The fraction of sp³-hybridized carbons (Fsp3) is 0.462. The highest BCUT2D eigenvalue weighted by Crippen LogP contribution is 2.14. The van der Waals surface area contributed by atoms with Crippen LogP contribution in [0, 0.1) is 0 Å². The van der Waals surface area contributed by atoms with Gasteiger partial charge in [-0.2, -0.15) is 0 Å². The highest BCUT2D eigenvalue weighted by molar-refractivity contribution is 7.91. The molecule has 1 fully saturated rings. The minimum atomic E-state index is -2.97. The summed E-state index contributed by atoms with van der Waals surface area (Å²) in [7, 11) is -2.97. The van der Waals surface area contributed by atoms with Gasteiger partial charge in [0.2, 0.25) is 0 Å². The van der Waals surface area contributed by atoms with Crippen LogP contribution in [0.3, 0.4) is 0 Å². The SMILES string of the molecule is CCOc1ccc(C(=O)NC2CCS(=O)(=O)C2)cc1. The Labute approximate surface area is 112 Å². The zero-order valence-corrected chi connectivity index (χ0v) is 11.6. The number of nitrogens with one attached hydrogen (secondary N) is 1. The van der Waals surface area contributed by atoms with E-state index in [1.807, 2.05) is 6.92 Å². The van der Waals surface area contributed by atoms with Gasteiger partial charge in [-0.25, -0.2) is 8.42 Å². The molecule has 1 aromatic carbocycles. The van der Waals surface area contributed by atoms with Gasteiger partial charge in [0, 0.05) is 11.6 Å². The highest BCUT2D eigenvalue weighted by atomic mass is 32.2. The topological polar surface area (TPSA) is 72.5 Å². The normalized spacial score (nSPS) is 21.0. The Morgan fingerprint density at radius 3 is 2.58 bits per heavy atom. The van der Waals surface area contributed by atoms with Crippen molar-refractivity contribution in [2.24, 2.45) is 0 Å². The van der Waals surface area contributed by atoms with Gasteiger partial charge in [-0.3, -0.25) is 4.79 Å². The molecule has 1 atom stereocenters. The number of benzene rings is 1. The Hall–Kier alpha value is -1.56. The van der Waals surface area contributed by atoms with Crippen molar-refractivity contribution in [3.8, 4) is 5.75 Å². The Morgan fingerprint density at radius 1 is 1.37 bits per heavy atom. The Kier molecular flexibility index (Phi) is 4.09. The molecule has 19 heavy (non-hydrogen) atoms. The second kappa shape index (κ2) is 5.61. The number of hydrogen-bond acceptors (Lipinski definition) is 4. The second-order valence-electron chi connectivity index (χ2n) is 4.53. The first kappa shape index (κ1) is 13.9. The van der Waals surface area contributed by atoms with Crippen molar-refractivity contribution in [3.63, 3.8) is 0 Å². The predicted molar refractivity (Wildman–Crippen MR) is 72.1 cm³/mol. The van der Waals surface area contributed by atoms with E-state index in [-0.39, 0.29) is 23.5 Å². The minimum absolute atomic E-state index is 0.0375. The Bertz CT molecular complexity index is 551. The van der Waals surface area contributed by atoms with Crippen LogP contribution >= 0.6 is 0 Å². The molecule has 0 aromatic heterocycles. The molecule has 0 aliphatic carbocycles. The summed E-state index contributed by atoms with van der Waals surface area (Å²) < 4.78 is 27.9. The van der Waals surface area contributed by atoms with Crippen LogP contribution in [0.4, 0.5) is 0 Å². The van der Waals surface area contributed by atoms with Crippen molar-refractivity contribution >= 4 is 15.7 Å². The predicted octanol–water partition coefficient (Wildman–Crippen LogP) is 1.00. The molecule has 104 valence electrons. The summed E-state index contributed by atoms with van der Waals surface area (Å²) in [4.78, 5) is 11.9. The molecule has 1 amide bonds. The number of carbonyl (C=O) groups is 1. The van der Waals surface area contributed by atoms with Crippen molar-refractivity contribution in [1.82, 2.24) is 5.32 Å². The lowest BCUT2D eigenvalue weighted by Crippen LogP contribution is -2.35. The molecule has 0 spiro atoms. The van der Waals surface area contributed by atoms with Crippen LogP contribution in [0.15, 0.2) is 24.3 Å². The standard InChI is InChI=1S/C13H17NO4S/c1-2-18-12-5-3-10(4-6-12)13(15)14-11-7-8-19(16,17)9-11/h3-6,11H,2,7-9H2,1H3,(H,14,15). The molecular weight excluding hydrogens is 266 g/mol. The summed E-state index contributed by atoms with van der Waals surface area (Å²) in [6, 6.07) is 6.52. The lowest BCUT2D eigenvalue weighted by atomic mass is 10.2. The minimum Gasteiger partial charge on any atom is -0.494 e. The van der Waals surface area contributed by atoms with Gasteiger partial charge in [0.25, 0.3) is 5.91 Å². The summed E-state index contributed by atoms with van der Waals surface area (Å²) in [5, 5.41) is 2.74. The molecular formula is C13H17NO4S.